The third kappa shape index (κ3) is 6.31. The van der Waals surface area contributed by atoms with Crippen LogP contribution in [-0.2, 0) is 6.54 Å². The number of anilines is 2. The third-order valence-electron chi connectivity index (χ3n) is 5.23. The molecule has 2 aromatic carbocycles. The third-order valence-corrected chi connectivity index (χ3v) is 5.73. The minimum absolute atomic E-state index is 0.403. The van der Waals surface area contributed by atoms with Crippen LogP contribution in [0.15, 0.2) is 60.7 Å². The number of thiocarbonyl (C=S) groups is 1. The van der Waals surface area contributed by atoms with Gasteiger partial charge in [0.15, 0.2) is 5.11 Å². The molecular formula is C24H26ClN5OS. The number of nitrogens with zero attached hydrogens (tertiary/aromatic N) is 3. The highest BCUT2D eigenvalue weighted by Crippen LogP contribution is 2.27. The standard InChI is InChI=1S/C24H26ClN5OS/c1-17-6-5-13-30(16-17)21-14-22(31-20-7-3-2-4-8-20)28-23(27-21)29-24(32)26-15-18-9-11-19(25)12-10-18/h2-4,7-12,14,17H,5-6,13,15-16H2,1H3,(H2,26,27,28,29,32). The summed E-state index contributed by atoms with van der Waals surface area (Å²) in [6, 6.07) is 19.1. The highest BCUT2D eigenvalue weighted by Gasteiger charge is 2.20. The van der Waals surface area contributed by atoms with Crippen LogP contribution in [0, 0.1) is 5.92 Å². The van der Waals surface area contributed by atoms with Crippen molar-refractivity contribution in [3.63, 3.8) is 0 Å². The number of nitrogens with one attached hydrogen (secondary N) is 2. The van der Waals surface area contributed by atoms with Crippen LogP contribution in [0.4, 0.5) is 11.8 Å². The molecule has 2 heterocycles. The Morgan fingerprint density at radius 2 is 1.94 bits per heavy atom. The fraction of sp³-hybridized carbons (Fsp3) is 0.292. The number of hydrogen-bond acceptors (Lipinski definition) is 5. The largest absolute Gasteiger partial charge is 0.439 e. The van der Waals surface area contributed by atoms with E-state index in [4.69, 9.17) is 33.5 Å². The Morgan fingerprint density at radius 1 is 1.16 bits per heavy atom. The van der Waals surface area contributed by atoms with Crippen molar-refractivity contribution in [3.05, 3.63) is 71.2 Å². The van der Waals surface area contributed by atoms with Crippen molar-refractivity contribution in [1.29, 1.82) is 0 Å². The van der Waals surface area contributed by atoms with E-state index in [2.05, 4.69) is 27.4 Å². The van der Waals surface area contributed by atoms with Crippen LogP contribution in [0.1, 0.15) is 25.3 Å². The van der Waals surface area contributed by atoms with Crippen LogP contribution in [0.25, 0.3) is 0 Å². The van der Waals surface area contributed by atoms with Crippen LogP contribution in [0.3, 0.4) is 0 Å². The first kappa shape index (κ1) is 22.3. The molecule has 1 aromatic heterocycles. The SMILES string of the molecule is CC1CCCN(c2cc(Oc3ccccc3)nc(NC(=S)NCc3ccc(Cl)cc3)n2)C1. The monoisotopic (exact) mass is 467 g/mol. The van der Waals surface area contributed by atoms with Gasteiger partial charge in [-0.1, -0.05) is 48.9 Å². The Labute approximate surface area is 199 Å². The van der Waals surface area contributed by atoms with E-state index >= 15 is 0 Å². The normalized spacial score (nSPS) is 15.8. The number of piperidine rings is 1. The summed E-state index contributed by atoms with van der Waals surface area (Å²) in [6.45, 7) is 4.76. The molecule has 1 saturated heterocycles. The lowest BCUT2D eigenvalue weighted by molar-refractivity contribution is 0.440. The Kier molecular flexibility index (Phi) is 7.39. The predicted octanol–water partition coefficient (Wildman–Crippen LogP) is 5.65. The molecule has 1 fully saturated rings. The van der Waals surface area contributed by atoms with E-state index in [-0.39, 0.29) is 0 Å². The first-order valence-electron chi connectivity index (χ1n) is 10.7. The number of halogens is 1. The molecule has 1 unspecified atom stereocenters. The van der Waals surface area contributed by atoms with E-state index in [0.717, 1.165) is 36.6 Å². The molecule has 0 saturated carbocycles. The quantitative estimate of drug-likeness (QED) is 0.454. The lowest BCUT2D eigenvalue weighted by Gasteiger charge is -2.32. The molecule has 2 N–H and O–H groups in total. The zero-order chi connectivity index (χ0) is 22.3. The van der Waals surface area contributed by atoms with Gasteiger partial charge in [-0.3, -0.25) is 0 Å². The maximum absolute atomic E-state index is 6.01. The highest BCUT2D eigenvalue weighted by molar-refractivity contribution is 7.80. The van der Waals surface area contributed by atoms with E-state index in [0.29, 0.717) is 34.4 Å². The Balaban J connectivity index is 1.50. The minimum Gasteiger partial charge on any atom is -0.439 e. The molecule has 0 radical (unpaired) electrons. The molecule has 1 atom stereocenters. The van der Waals surface area contributed by atoms with Crippen LogP contribution >= 0.6 is 23.8 Å². The molecule has 0 spiro atoms. The summed E-state index contributed by atoms with van der Waals surface area (Å²) in [4.78, 5) is 11.5. The molecule has 3 aromatic rings. The molecule has 166 valence electrons. The highest BCUT2D eigenvalue weighted by atomic mass is 35.5. The van der Waals surface area contributed by atoms with E-state index in [1.165, 1.54) is 6.42 Å². The van der Waals surface area contributed by atoms with Crippen molar-refractivity contribution in [2.75, 3.05) is 23.3 Å². The second-order valence-electron chi connectivity index (χ2n) is 7.93. The summed E-state index contributed by atoms with van der Waals surface area (Å²) in [5.74, 6) is 3.05. The Morgan fingerprint density at radius 3 is 2.69 bits per heavy atom. The van der Waals surface area contributed by atoms with Gasteiger partial charge in [-0.2, -0.15) is 9.97 Å². The van der Waals surface area contributed by atoms with E-state index in [1.54, 1.807) is 0 Å². The van der Waals surface area contributed by atoms with Crippen molar-refractivity contribution in [3.8, 4) is 11.6 Å². The number of ether oxygens (including phenoxy) is 1. The number of hydrogen-bond donors (Lipinski definition) is 2. The molecule has 0 amide bonds. The number of rotatable bonds is 6. The van der Waals surface area contributed by atoms with Crippen molar-refractivity contribution >= 4 is 40.7 Å². The Hall–Kier alpha value is -2.90. The lowest BCUT2D eigenvalue weighted by atomic mass is 10.0. The van der Waals surface area contributed by atoms with Gasteiger partial charge >= 0.3 is 0 Å². The number of benzene rings is 2. The van der Waals surface area contributed by atoms with E-state index in [9.17, 15) is 0 Å². The molecule has 0 bridgehead atoms. The van der Waals surface area contributed by atoms with Gasteiger partial charge in [0.2, 0.25) is 11.8 Å². The van der Waals surface area contributed by atoms with Gasteiger partial charge in [-0.25, -0.2) is 0 Å². The molecule has 1 aliphatic rings. The van der Waals surface area contributed by atoms with Crippen molar-refractivity contribution in [2.45, 2.75) is 26.3 Å². The fourth-order valence-electron chi connectivity index (χ4n) is 3.62. The average molecular weight is 468 g/mol. The predicted molar refractivity (Wildman–Crippen MR) is 134 cm³/mol. The van der Waals surface area contributed by atoms with Gasteiger partial charge in [0, 0.05) is 30.7 Å². The molecule has 4 rings (SSSR count). The average Bonchev–Trinajstić information content (AvgIpc) is 2.79. The van der Waals surface area contributed by atoms with Gasteiger partial charge < -0.3 is 20.3 Å². The van der Waals surface area contributed by atoms with E-state index in [1.807, 2.05) is 60.7 Å². The van der Waals surface area contributed by atoms with Crippen LogP contribution in [0.5, 0.6) is 11.6 Å². The van der Waals surface area contributed by atoms with Gasteiger partial charge in [0.25, 0.3) is 0 Å². The first-order chi connectivity index (χ1) is 15.5. The molecule has 1 aliphatic heterocycles. The maximum atomic E-state index is 6.01. The summed E-state index contributed by atoms with van der Waals surface area (Å²) in [5.41, 5.74) is 1.07. The van der Waals surface area contributed by atoms with Gasteiger partial charge in [-0.15, -0.1) is 0 Å². The zero-order valence-electron chi connectivity index (χ0n) is 17.9. The van der Waals surface area contributed by atoms with Crippen molar-refractivity contribution in [1.82, 2.24) is 15.3 Å². The molecular weight excluding hydrogens is 442 g/mol. The van der Waals surface area contributed by atoms with Crippen LogP contribution < -0.4 is 20.3 Å². The maximum Gasteiger partial charge on any atom is 0.234 e. The second-order valence-corrected chi connectivity index (χ2v) is 8.78. The summed E-state index contributed by atoms with van der Waals surface area (Å²) < 4.78 is 6.01. The minimum atomic E-state index is 0.403. The molecule has 32 heavy (non-hydrogen) atoms. The summed E-state index contributed by atoms with van der Waals surface area (Å²) in [6.07, 6.45) is 2.38. The number of para-hydroxylation sites is 1. The smallest absolute Gasteiger partial charge is 0.234 e. The van der Waals surface area contributed by atoms with E-state index < -0.39 is 0 Å². The number of aromatic nitrogens is 2. The van der Waals surface area contributed by atoms with Gasteiger partial charge in [0.1, 0.15) is 11.6 Å². The summed E-state index contributed by atoms with van der Waals surface area (Å²) in [5, 5.41) is 7.44. The topological polar surface area (TPSA) is 62.3 Å². The van der Waals surface area contributed by atoms with Crippen LogP contribution in [0.2, 0.25) is 5.02 Å². The van der Waals surface area contributed by atoms with Gasteiger partial charge in [-0.05, 0) is 60.8 Å². The van der Waals surface area contributed by atoms with Crippen molar-refractivity contribution in [2.24, 2.45) is 5.92 Å². The molecule has 8 heteroatoms. The second kappa shape index (κ2) is 10.6. The van der Waals surface area contributed by atoms with Crippen LogP contribution in [-0.4, -0.2) is 28.2 Å². The lowest BCUT2D eigenvalue weighted by Crippen LogP contribution is -2.35. The Bertz CT molecular complexity index is 1050. The van der Waals surface area contributed by atoms with Crippen molar-refractivity contribution < 1.29 is 4.74 Å². The summed E-state index contributed by atoms with van der Waals surface area (Å²) >= 11 is 11.4. The first-order valence-corrected chi connectivity index (χ1v) is 11.5. The molecule has 0 aliphatic carbocycles. The summed E-state index contributed by atoms with van der Waals surface area (Å²) in [7, 11) is 0. The zero-order valence-corrected chi connectivity index (χ0v) is 19.5. The fourth-order valence-corrected chi connectivity index (χ4v) is 3.91. The van der Waals surface area contributed by atoms with Gasteiger partial charge in [0.05, 0.1) is 0 Å². The molecule has 6 nitrogen and oxygen atoms in total.